The zero-order valence-electron chi connectivity index (χ0n) is 11.1. The molecule has 0 aliphatic rings. The maximum atomic E-state index is 13.1. The number of nitrogens with one attached hydrogen (secondary N) is 2. The second-order valence-electron chi connectivity index (χ2n) is 4.53. The Labute approximate surface area is 128 Å². The molecule has 0 unspecified atom stereocenters. The average molecular weight is 309 g/mol. The highest BCUT2D eigenvalue weighted by atomic mass is 35.5. The fourth-order valence-corrected chi connectivity index (χ4v) is 2.14. The number of hydrogen-bond acceptors (Lipinski definition) is 1. The van der Waals surface area contributed by atoms with Gasteiger partial charge in [0, 0.05) is 11.4 Å². The summed E-state index contributed by atoms with van der Waals surface area (Å²) in [6.07, 6.45) is 0. The van der Waals surface area contributed by atoms with E-state index in [4.69, 9.17) is 23.8 Å². The van der Waals surface area contributed by atoms with Crippen LogP contribution in [0, 0.1) is 19.7 Å². The van der Waals surface area contributed by atoms with Crippen LogP contribution >= 0.6 is 23.8 Å². The van der Waals surface area contributed by atoms with Crippen molar-refractivity contribution < 1.29 is 4.39 Å². The summed E-state index contributed by atoms with van der Waals surface area (Å²) < 4.78 is 13.1. The van der Waals surface area contributed by atoms with Gasteiger partial charge in [-0.15, -0.1) is 0 Å². The minimum Gasteiger partial charge on any atom is -0.332 e. The molecule has 2 rings (SSSR count). The zero-order chi connectivity index (χ0) is 14.7. The third-order valence-corrected chi connectivity index (χ3v) is 3.31. The van der Waals surface area contributed by atoms with E-state index < -0.39 is 5.82 Å². The van der Waals surface area contributed by atoms with E-state index in [2.05, 4.69) is 10.6 Å². The smallest absolute Gasteiger partial charge is 0.175 e. The minimum atomic E-state index is -0.453. The first-order valence-corrected chi connectivity index (χ1v) is 6.84. The second-order valence-corrected chi connectivity index (χ2v) is 5.34. The van der Waals surface area contributed by atoms with Gasteiger partial charge in [-0.1, -0.05) is 23.7 Å². The van der Waals surface area contributed by atoms with Gasteiger partial charge in [0.2, 0.25) is 0 Å². The van der Waals surface area contributed by atoms with Crippen LogP contribution in [0.2, 0.25) is 5.02 Å². The fourth-order valence-electron chi connectivity index (χ4n) is 1.73. The van der Waals surface area contributed by atoms with Gasteiger partial charge in [0.25, 0.3) is 0 Å². The van der Waals surface area contributed by atoms with Crippen LogP contribution in [0.1, 0.15) is 11.1 Å². The van der Waals surface area contributed by atoms with E-state index in [1.54, 1.807) is 6.07 Å². The first-order valence-electron chi connectivity index (χ1n) is 6.06. The Hall–Kier alpha value is -1.65. The van der Waals surface area contributed by atoms with Crippen LogP contribution in [0.5, 0.6) is 0 Å². The number of anilines is 2. The van der Waals surface area contributed by atoms with Crippen LogP contribution in [0.3, 0.4) is 0 Å². The molecule has 5 heteroatoms. The molecule has 0 heterocycles. The SMILES string of the molecule is Cc1ccc(C)c(NC(=S)Nc2ccc(F)c(Cl)c2)c1. The van der Waals surface area contributed by atoms with Crippen LogP contribution in [-0.4, -0.2) is 5.11 Å². The Morgan fingerprint density at radius 1 is 1.10 bits per heavy atom. The van der Waals surface area contributed by atoms with Gasteiger partial charge in [0.15, 0.2) is 5.11 Å². The van der Waals surface area contributed by atoms with Crippen molar-refractivity contribution in [1.82, 2.24) is 0 Å². The molecule has 0 bridgehead atoms. The zero-order valence-corrected chi connectivity index (χ0v) is 12.7. The summed E-state index contributed by atoms with van der Waals surface area (Å²) in [5.74, 6) is -0.453. The third kappa shape index (κ3) is 3.68. The Balaban J connectivity index is 2.09. The van der Waals surface area contributed by atoms with Crippen molar-refractivity contribution >= 4 is 40.3 Å². The number of halogens is 2. The van der Waals surface area contributed by atoms with E-state index in [-0.39, 0.29) is 5.02 Å². The molecule has 2 N–H and O–H groups in total. The van der Waals surface area contributed by atoms with Crippen LogP contribution in [-0.2, 0) is 0 Å². The first-order chi connectivity index (χ1) is 9.45. The van der Waals surface area contributed by atoms with E-state index in [0.717, 1.165) is 16.8 Å². The third-order valence-electron chi connectivity index (χ3n) is 2.82. The van der Waals surface area contributed by atoms with Crippen molar-refractivity contribution in [3.05, 3.63) is 58.4 Å². The summed E-state index contributed by atoms with van der Waals surface area (Å²) in [5, 5.41) is 6.58. The summed E-state index contributed by atoms with van der Waals surface area (Å²) in [6.45, 7) is 4.01. The molecule has 0 aliphatic heterocycles. The van der Waals surface area contributed by atoms with Crippen LogP contribution in [0.25, 0.3) is 0 Å². The molecule has 0 aromatic heterocycles. The molecular weight excluding hydrogens is 295 g/mol. The largest absolute Gasteiger partial charge is 0.332 e. The van der Waals surface area contributed by atoms with Gasteiger partial charge in [0.1, 0.15) is 5.82 Å². The maximum Gasteiger partial charge on any atom is 0.175 e. The van der Waals surface area contributed by atoms with Gasteiger partial charge < -0.3 is 10.6 Å². The standard InChI is InChI=1S/C15H14ClFN2S/c1-9-3-4-10(2)14(7-9)19-15(20)18-11-5-6-13(17)12(16)8-11/h3-8H,1-2H3,(H2,18,19,20). The summed E-state index contributed by atoms with van der Waals surface area (Å²) in [5.41, 5.74) is 3.82. The lowest BCUT2D eigenvalue weighted by Crippen LogP contribution is -2.19. The van der Waals surface area contributed by atoms with Crippen LogP contribution < -0.4 is 10.6 Å². The molecule has 0 atom stereocenters. The molecule has 2 nitrogen and oxygen atoms in total. The van der Waals surface area contributed by atoms with E-state index >= 15 is 0 Å². The molecule has 0 saturated heterocycles. The number of benzene rings is 2. The van der Waals surface area contributed by atoms with Crippen LogP contribution in [0.15, 0.2) is 36.4 Å². The molecule has 0 aliphatic carbocycles. The van der Waals surface area contributed by atoms with Crippen molar-refractivity contribution in [3.8, 4) is 0 Å². The number of hydrogen-bond donors (Lipinski definition) is 2. The van der Waals surface area contributed by atoms with Gasteiger partial charge in [-0.05, 0) is 61.5 Å². The lowest BCUT2D eigenvalue weighted by molar-refractivity contribution is 0.628. The Morgan fingerprint density at radius 2 is 1.85 bits per heavy atom. The highest BCUT2D eigenvalue weighted by Gasteiger charge is 2.04. The van der Waals surface area contributed by atoms with Crippen molar-refractivity contribution in [3.63, 3.8) is 0 Å². The van der Waals surface area contributed by atoms with Gasteiger partial charge in [-0.3, -0.25) is 0 Å². The monoisotopic (exact) mass is 308 g/mol. The van der Waals surface area contributed by atoms with E-state index in [9.17, 15) is 4.39 Å². The Bertz CT molecular complexity index is 658. The van der Waals surface area contributed by atoms with E-state index in [0.29, 0.717) is 10.8 Å². The number of aryl methyl sites for hydroxylation is 2. The molecule has 0 fully saturated rings. The minimum absolute atomic E-state index is 0.0598. The molecule has 0 spiro atoms. The van der Waals surface area contributed by atoms with E-state index in [1.807, 2.05) is 32.0 Å². The molecule has 2 aromatic carbocycles. The summed E-state index contributed by atoms with van der Waals surface area (Å²) in [4.78, 5) is 0. The molecule has 0 amide bonds. The maximum absolute atomic E-state index is 13.1. The van der Waals surface area contributed by atoms with Crippen molar-refractivity contribution in [1.29, 1.82) is 0 Å². The Kier molecular flexibility index (Phi) is 4.57. The molecule has 0 radical (unpaired) electrons. The van der Waals surface area contributed by atoms with Crippen molar-refractivity contribution in [2.75, 3.05) is 10.6 Å². The van der Waals surface area contributed by atoms with Gasteiger partial charge in [-0.2, -0.15) is 0 Å². The molecule has 20 heavy (non-hydrogen) atoms. The summed E-state index contributed by atoms with van der Waals surface area (Å²) in [6, 6.07) is 10.4. The highest BCUT2D eigenvalue weighted by Crippen LogP contribution is 2.20. The molecular formula is C15H14ClFN2S. The fraction of sp³-hybridized carbons (Fsp3) is 0.133. The van der Waals surface area contributed by atoms with Crippen molar-refractivity contribution in [2.45, 2.75) is 13.8 Å². The molecule has 104 valence electrons. The summed E-state index contributed by atoms with van der Waals surface area (Å²) in [7, 11) is 0. The number of rotatable bonds is 2. The predicted molar refractivity (Wildman–Crippen MR) is 87.2 cm³/mol. The van der Waals surface area contributed by atoms with Crippen molar-refractivity contribution in [2.24, 2.45) is 0 Å². The highest BCUT2D eigenvalue weighted by molar-refractivity contribution is 7.80. The predicted octanol–water partition coefficient (Wildman–Crippen LogP) is 4.90. The quantitative estimate of drug-likeness (QED) is 0.771. The van der Waals surface area contributed by atoms with Crippen LogP contribution in [0.4, 0.5) is 15.8 Å². The first kappa shape index (κ1) is 14.8. The lowest BCUT2D eigenvalue weighted by Gasteiger charge is -2.13. The van der Waals surface area contributed by atoms with Gasteiger partial charge in [-0.25, -0.2) is 4.39 Å². The Morgan fingerprint density at radius 3 is 2.55 bits per heavy atom. The molecule has 2 aromatic rings. The number of thiocarbonyl (C=S) groups is 1. The molecule has 0 saturated carbocycles. The van der Waals surface area contributed by atoms with Gasteiger partial charge >= 0.3 is 0 Å². The average Bonchev–Trinajstić information content (AvgIpc) is 2.38. The topological polar surface area (TPSA) is 24.1 Å². The summed E-state index contributed by atoms with van der Waals surface area (Å²) >= 11 is 11.0. The second kappa shape index (κ2) is 6.20. The van der Waals surface area contributed by atoms with E-state index in [1.165, 1.54) is 12.1 Å². The lowest BCUT2D eigenvalue weighted by atomic mass is 10.1. The normalized spacial score (nSPS) is 10.2. The van der Waals surface area contributed by atoms with Gasteiger partial charge in [0.05, 0.1) is 5.02 Å².